The van der Waals surface area contributed by atoms with Crippen LogP contribution in [-0.4, -0.2) is 44.1 Å². The van der Waals surface area contributed by atoms with Crippen LogP contribution >= 0.6 is 0 Å². The van der Waals surface area contributed by atoms with Crippen molar-refractivity contribution in [1.82, 2.24) is 14.7 Å². The molecule has 2 atom stereocenters. The third-order valence-corrected chi connectivity index (χ3v) is 4.43. The highest BCUT2D eigenvalue weighted by Gasteiger charge is 2.17. The Hall–Kier alpha value is -2.47. The number of aliphatic hydroxyl groups excluding tert-OH is 2. The summed E-state index contributed by atoms with van der Waals surface area (Å²) in [5.74, 6) is 0. The van der Waals surface area contributed by atoms with Gasteiger partial charge in [-0.2, -0.15) is 5.10 Å². The molecule has 0 amide bonds. The van der Waals surface area contributed by atoms with Crippen molar-refractivity contribution in [3.05, 3.63) is 89.7 Å². The van der Waals surface area contributed by atoms with E-state index in [0.29, 0.717) is 26.2 Å². The first-order chi connectivity index (χ1) is 13.1. The van der Waals surface area contributed by atoms with E-state index in [1.54, 1.807) is 13.1 Å². The zero-order chi connectivity index (χ0) is 19.1. The second-order valence-electron chi connectivity index (χ2n) is 7.00. The summed E-state index contributed by atoms with van der Waals surface area (Å²) in [7, 11) is 0. The third-order valence-electron chi connectivity index (χ3n) is 4.43. The Morgan fingerprint density at radius 1 is 0.926 bits per heavy atom. The van der Waals surface area contributed by atoms with E-state index in [0.717, 1.165) is 11.1 Å². The van der Waals surface area contributed by atoms with Crippen LogP contribution < -0.4 is 0 Å². The van der Waals surface area contributed by atoms with Gasteiger partial charge in [-0.1, -0.05) is 60.7 Å². The largest absolute Gasteiger partial charge is 0.392 e. The summed E-state index contributed by atoms with van der Waals surface area (Å²) in [6.07, 6.45) is 2.50. The quantitative estimate of drug-likeness (QED) is 0.612. The van der Waals surface area contributed by atoms with E-state index in [2.05, 4.69) is 34.3 Å². The Morgan fingerprint density at radius 2 is 1.56 bits per heavy atom. The number of hydrogen-bond acceptors (Lipinski definition) is 4. The Bertz CT molecular complexity index is 803. The van der Waals surface area contributed by atoms with E-state index >= 15 is 0 Å². The summed E-state index contributed by atoms with van der Waals surface area (Å²) in [5.41, 5.74) is 3.11. The second kappa shape index (κ2) is 9.46. The molecule has 27 heavy (non-hydrogen) atoms. The Labute approximate surface area is 160 Å². The number of nitrogens with zero attached hydrogens (tertiary/aromatic N) is 3. The van der Waals surface area contributed by atoms with Crippen LogP contribution in [-0.2, 0) is 13.1 Å². The van der Waals surface area contributed by atoms with Gasteiger partial charge in [0.25, 0.3) is 0 Å². The zero-order valence-electron chi connectivity index (χ0n) is 15.6. The van der Waals surface area contributed by atoms with Crippen LogP contribution in [0, 0.1) is 0 Å². The molecule has 1 aromatic heterocycles. The van der Waals surface area contributed by atoms with Crippen LogP contribution in [0.15, 0.2) is 73.1 Å². The fraction of sp³-hybridized carbons (Fsp3) is 0.318. The highest BCUT2D eigenvalue weighted by Crippen LogP contribution is 2.16. The van der Waals surface area contributed by atoms with Crippen LogP contribution in [0.3, 0.4) is 0 Å². The molecule has 5 nitrogen and oxygen atoms in total. The smallest absolute Gasteiger partial charge is 0.0947 e. The van der Waals surface area contributed by atoms with Crippen molar-refractivity contribution in [3.8, 4) is 0 Å². The fourth-order valence-electron chi connectivity index (χ4n) is 3.18. The van der Waals surface area contributed by atoms with E-state index < -0.39 is 12.2 Å². The molecule has 0 bridgehead atoms. The van der Waals surface area contributed by atoms with Gasteiger partial charge in [-0.15, -0.1) is 0 Å². The first kappa shape index (κ1) is 19.3. The summed E-state index contributed by atoms with van der Waals surface area (Å²) < 4.78 is 1.84. The van der Waals surface area contributed by atoms with E-state index in [4.69, 9.17) is 0 Å². The molecule has 0 saturated heterocycles. The molecule has 2 aromatic carbocycles. The van der Waals surface area contributed by atoms with E-state index in [1.165, 1.54) is 5.56 Å². The molecule has 142 valence electrons. The highest BCUT2D eigenvalue weighted by molar-refractivity contribution is 5.17. The molecule has 0 aliphatic rings. The van der Waals surface area contributed by atoms with Crippen LogP contribution in [0.2, 0.25) is 0 Å². The number of aliphatic hydroxyl groups is 2. The van der Waals surface area contributed by atoms with E-state index in [-0.39, 0.29) is 0 Å². The van der Waals surface area contributed by atoms with Gasteiger partial charge in [0.2, 0.25) is 0 Å². The summed E-state index contributed by atoms with van der Waals surface area (Å²) in [4.78, 5) is 2.07. The molecule has 3 aromatic rings. The maximum atomic E-state index is 10.7. The van der Waals surface area contributed by atoms with Gasteiger partial charge in [-0.3, -0.25) is 9.58 Å². The van der Waals surface area contributed by atoms with Crippen molar-refractivity contribution >= 4 is 0 Å². The molecule has 2 unspecified atom stereocenters. The minimum Gasteiger partial charge on any atom is -0.392 e. The van der Waals surface area contributed by atoms with Crippen molar-refractivity contribution in [2.75, 3.05) is 13.1 Å². The van der Waals surface area contributed by atoms with Crippen LogP contribution in [0.25, 0.3) is 0 Å². The summed E-state index contributed by atoms with van der Waals surface area (Å²) in [6, 6.07) is 20.2. The van der Waals surface area contributed by atoms with Crippen molar-refractivity contribution in [3.63, 3.8) is 0 Å². The van der Waals surface area contributed by atoms with Crippen LogP contribution in [0.4, 0.5) is 0 Å². The first-order valence-electron chi connectivity index (χ1n) is 9.29. The molecular formula is C22H27N3O2. The van der Waals surface area contributed by atoms with Gasteiger partial charge in [-0.05, 0) is 18.1 Å². The third kappa shape index (κ3) is 6.03. The average molecular weight is 365 g/mol. The molecule has 0 fully saturated rings. The summed E-state index contributed by atoms with van der Waals surface area (Å²) in [6.45, 7) is 4.07. The maximum absolute atomic E-state index is 10.7. The molecule has 1 heterocycles. The summed E-state index contributed by atoms with van der Waals surface area (Å²) >= 11 is 0. The molecular weight excluding hydrogens is 338 g/mol. The maximum Gasteiger partial charge on any atom is 0.0947 e. The van der Waals surface area contributed by atoms with Crippen molar-refractivity contribution < 1.29 is 10.2 Å². The highest BCUT2D eigenvalue weighted by atomic mass is 16.3. The molecule has 3 rings (SSSR count). The second-order valence-corrected chi connectivity index (χ2v) is 7.00. The molecule has 0 radical (unpaired) electrons. The van der Waals surface area contributed by atoms with Gasteiger partial charge < -0.3 is 10.2 Å². The lowest BCUT2D eigenvalue weighted by molar-refractivity contribution is 0.0716. The fourth-order valence-corrected chi connectivity index (χ4v) is 3.18. The number of benzene rings is 2. The monoisotopic (exact) mass is 365 g/mol. The average Bonchev–Trinajstić information content (AvgIpc) is 3.11. The lowest BCUT2D eigenvalue weighted by Crippen LogP contribution is -2.34. The Balaban J connectivity index is 1.63. The van der Waals surface area contributed by atoms with Crippen molar-refractivity contribution in [2.24, 2.45) is 0 Å². The first-order valence-corrected chi connectivity index (χ1v) is 9.29. The lowest BCUT2D eigenvalue weighted by Gasteiger charge is -2.26. The molecule has 0 aliphatic carbocycles. The predicted octanol–water partition coefficient (Wildman–Crippen LogP) is 2.85. The van der Waals surface area contributed by atoms with Gasteiger partial charge in [-0.25, -0.2) is 0 Å². The molecule has 0 saturated carbocycles. The standard InChI is InChI=1S/C22H27N3O2/c1-18(26)13-24(14-19-8-4-2-5-9-19)17-22(27)21-12-23-25(16-21)15-20-10-6-3-7-11-20/h2-12,16,18,22,26-27H,13-15,17H2,1H3. The zero-order valence-corrected chi connectivity index (χ0v) is 15.6. The SMILES string of the molecule is CC(O)CN(Cc1ccccc1)CC(O)c1cnn(Cc2ccccc2)c1. The van der Waals surface area contributed by atoms with Gasteiger partial charge in [0.05, 0.1) is 24.9 Å². The van der Waals surface area contributed by atoms with Crippen LogP contribution in [0.5, 0.6) is 0 Å². The van der Waals surface area contributed by atoms with Gasteiger partial charge in [0.1, 0.15) is 0 Å². The lowest BCUT2D eigenvalue weighted by atomic mass is 10.1. The van der Waals surface area contributed by atoms with Gasteiger partial charge >= 0.3 is 0 Å². The topological polar surface area (TPSA) is 61.5 Å². The van der Waals surface area contributed by atoms with E-state index in [9.17, 15) is 10.2 Å². The van der Waals surface area contributed by atoms with Crippen molar-refractivity contribution in [1.29, 1.82) is 0 Å². The number of aromatic nitrogens is 2. The minimum absolute atomic E-state index is 0.441. The predicted molar refractivity (Wildman–Crippen MR) is 106 cm³/mol. The van der Waals surface area contributed by atoms with Crippen molar-refractivity contribution in [2.45, 2.75) is 32.2 Å². The molecule has 0 spiro atoms. The van der Waals surface area contributed by atoms with E-state index in [1.807, 2.05) is 47.3 Å². The normalized spacial score (nSPS) is 13.6. The van der Waals surface area contributed by atoms with Gasteiger partial charge in [0, 0.05) is 31.4 Å². The molecule has 2 N–H and O–H groups in total. The molecule has 5 heteroatoms. The summed E-state index contributed by atoms with van der Waals surface area (Å²) in [5, 5.41) is 24.9. The molecule has 0 aliphatic heterocycles. The number of rotatable bonds is 9. The van der Waals surface area contributed by atoms with Crippen LogP contribution in [0.1, 0.15) is 29.7 Å². The van der Waals surface area contributed by atoms with Gasteiger partial charge in [0.15, 0.2) is 0 Å². The minimum atomic E-state index is -0.656. The Morgan fingerprint density at radius 3 is 2.19 bits per heavy atom. The number of hydrogen-bond donors (Lipinski definition) is 2. The Kier molecular flexibility index (Phi) is 6.76.